The summed E-state index contributed by atoms with van der Waals surface area (Å²) in [6.07, 6.45) is -0.107. The molecule has 2 aliphatic heterocycles. The number of benzene rings is 5. The number of fused-ring (bicyclic) bond motifs is 2. The Bertz CT molecular complexity index is 2020. The fraction of sp³-hybridized carbons (Fsp3) is 0.132. The number of rotatable bonds is 7. The summed E-state index contributed by atoms with van der Waals surface area (Å²) in [4.78, 5) is 45.9. The maximum atomic E-state index is 15.0. The first-order chi connectivity index (χ1) is 22.7. The van der Waals surface area contributed by atoms with Crippen molar-refractivity contribution in [3.8, 4) is 5.75 Å². The lowest BCUT2D eigenvalue weighted by Gasteiger charge is -2.41. The van der Waals surface area contributed by atoms with E-state index in [9.17, 15) is 14.7 Å². The van der Waals surface area contributed by atoms with Crippen LogP contribution in [-0.2, 0) is 10.3 Å². The number of nitrogens with one attached hydrogen (secondary N) is 1. The van der Waals surface area contributed by atoms with Gasteiger partial charge >= 0.3 is 0 Å². The minimum atomic E-state index is -1.52. The molecule has 7 rings (SSSR count). The van der Waals surface area contributed by atoms with E-state index in [1.807, 2.05) is 41.3 Å². The van der Waals surface area contributed by atoms with Gasteiger partial charge in [-0.1, -0.05) is 110 Å². The minimum Gasteiger partial charge on any atom is -0.506 e. The summed E-state index contributed by atoms with van der Waals surface area (Å²) >= 11 is 13.3. The molecule has 2 N–H and O–H groups in total. The van der Waals surface area contributed by atoms with Crippen molar-refractivity contribution in [1.82, 2.24) is 0 Å². The van der Waals surface area contributed by atoms with Gasteiger partial charge in [-0.3, -0.25) is 14.4 Å². The molecule has 0 aliphatic carbocycles. The molecule has 0 saturated carbocycles. The van der Waals surface area contributed by atoms with Crippen molar-refractivity contribution in [2.45, 2.75) is 23.9 Å². The van der Waals surface area contributed by atoms with Gasteiger partial charge in [0.15, 0.2) is 17.1 Å². The van der Waals surface area contributed by atoms with Gasteiger partial charge in [0.1, 0.15) is 5.75 Å². The second-order valence-electron chi connectivity index (χ2n) is 11.8. The third-order valence-corrected chi connectivity index (χ3v) is 10.5. The van der Waals surface area contributed by atoms with E-state index < -0.39 is 23.4 Å². The van der Waals surface area contributed by atoms with E-state index in [4.69, 9.17) is 11.6 Å². The number of carbonyl (C=O) groups excluding carboxylic acids is 3. The molecule has 4 atom stereocenters. The van der Waals surface area contributed by atoms with Gasteiger partial charge in [0, 0.05) is 54.7 Å². The first-order valence-electron chi connectivity index (χ1n) is 15.0. The Morgan fingerprint density at radius 2 is 1.38 bits per heavy atom. The van der Waals surface area contributed by atoms with Gasteiger partial charge in [0.25, 0.3) is 5.91 Å². The Morgan fingerprint density at radius 3 is 2.04 bits per heavy atom. The van der Waals surface area contributed by atoms with Crippen LogP contribution < -0.4 is 10.2 Å². The second kappa shape index (κ2) is 12.4. The highest BCUT2D eigenvalue weighted by atomic mass is 79.9. The minimum absolute atomic E-state index is 0.0725. The first-order valence-corrected chi connectivity index (χ1v) is 17.0. The van der Waals surface area contributed by atoms with Crippen molar-refractivity contribution in [3.05, 3.63) is 158 Å². The summed E-state index contributed by atoms with van der Waals surface area (Å²) < 4.78 is 1.64. The number of carbonyl (C=O) groups is 3. The molecular formula is C38H27Br2ClN2O4. The lowest BCUT2D eigenvalue weighted by molar-refractivity contribution is -0.121. The normalized spacial score (nSPS) is 21.5. The van der Waals surface area contributed by atoms with Crippen LogP contribution in [0.1, 0.15) is 44.2 Å². The third kappa shape index (κ3) is 5.29. The third-order valence-electron chi connectivity index (χ3n) is 9.23. The number of Topliss-reactive ketones (excluding diaryl/α,β-unsaturated/α-hetero) is 2. The molecule has 0 bridgehead atoms. The predicted octanol–water partition coefficient (Wildman–Crippen LogP) is 9.16. The van der Waals surface area contributed by atoms with E-state index in [2.05, 4.69) is 37.2 Å². The van der Waals surface area contributed by atoms with Gasteiger partial charge in [-0.2, -0.15) is 0 Å². The van der Waals surface area contributed by atoms with E-state index >= 15 is 4.79 Å². The van der Waals surface area contributed by atoms with Gasteiger partial charge in [-0.15, -0.1) is 0 Å². The van der Waals surface area contributed by atoms with Crippen LogP contribution >= 0.6 is 43.5 Å². The SMILES string of the molecule is O=C(CC1C(C(=O)c2ccc(Br)cc2)C(c2ccc(Cl)cc2)C2(C(=O)Nc3ccccc32)N1c1ccccc1O)c1ccc(Br)cc1. The second-order valence-corrected chi connectivity index (χ2v) is 14.0. The summed E-state index contributed by atoms with van der Waals surface area (Å²) in [5.74, 6) is -2.54. The zero-order chi connectivity index (χ0) is 32.9. The van der Waals surface area contributed by atoms with Crippen LogP contribution in [0.25, 0.3) is 0 Å². The van der Waals surface area contributed by atoms with Crippen molar-refractivity contribution in [2.75, 3.05) is 10.2 Å². The molecule has 2 heterocycles. The summed E-state index contributed by atoms with van der Waals surface area (Å²) in [6, 6.07) is 34.6. The van der Waals surface area contributed by atoms with Crippen molar-refractivity contribution < 1.29 is 19.5 Å². The molecule has 2 aliphatic rings. The molecule has 4 unspecified atom stereocenters. The summed E-state index contributed by atoms with van der Waals surface area (Å²) in [5, 5.41) is 15.0. The fourth-order valence-corrected chi connectivity index (χ4v) is 7.97. The van der Waals surface area contributed by atoms with E-state index in [1.165, 1.54) is 0 Å². The number of hydrogen-bond donors (Lipinski definition) is 2. The zero-order valence-corrected chi connectivity index (χ0v) is 28.7. The van der Waals surface area contributed by atoms with Crippen LogP contribution in [0.3, 0.4) is 0 Å². The number of nitrogens with zero attached hydrogens (tertiary/aromatic N) is 1. The molecule has 47 heavy (non-hydrogen) atoms. The highest BCUT2D eigenvalue weighted by Crippen LogP contribution is 2.62. The average Bonchev–Trinajstić information content (AvgIpc) is 3.53. The molecule has 5 aromatic carbocycles. The smallest absolute Gasteiger partial charge is 0.255 e. The number of para-hydroxylation sites is 3. The van der Waals surface area contributed by atoms with Crippen molar-refractivity contribution in [2.24, 2.45) is 5.92 Å². The highest BCUT2D eigenvalue weighted by Gasteiger charge is 2.68. The number of anilines is 2. The highest BCUT2D eigenvalue weighted by molar-refractivity contribution is 9.10. The number of amides is 1. The number of ketones is 2. The summed E-state index contributed by atoms with van der Waals surface area (Å²) in [6.45, 7) is 0. The molecule has 9 heteroatoms. The van der Waals surface area contributed by atoms with Gasteiger partial charge in [0.2, 0.25) is 0 Å². The van der Waals surface area contributed by atoms with Gasteiger partial charge in [0.05, 0.1) is 11.6 Å². The standard InChI is InChI=1S/C38H27Br2ClN2O4/c39-25-15-9-22(10-16-25)33(45)21-31-34(36(46)24-11-17-26(40)18-12-24)35(23-13-19-27(41)20-14-23)38(43(31)30-7-3-4-8-32(30)44)28-5-1-2-6-29(28)42-37(38)47/h1-20,31,34-35,44H,21H2,(H,42,47). The number of aromatic hydroxyl groups is 1. The lowest BCUT2D eigenvalue weighted by Crippen LogP contribution is -2.52. The predicted molar refractivity (Wildman–Crippen MR) is 190 cm³/mol. The van der Waals surface area contributed by atoms with Crippen LogP contribution in [0.15, 0.2) is 130 Å². The molecule has 1 saturated heterocycles. The molecule has 0 radical (unpaired) electrons. The van der Waals surface area contributed by atoms with E-state index in [0.717, 1.165) is 8.95 Å². The Kier molecular flexibility index (Phi) is 8.28. The Balaban J connectivity index is 1.55. The largest absolute Gasteiger partial charge is 0.506 e. The van der Waals surface area contributed by atoms with Crippen LogP contribution in [0, 0.1) is 5.92 Å². The van der Waals surface area contributed by atoms with E-state index in [1.54, 1.807) is 84.9 Å². The topological polar surface area (TPSA) is 86.7 Å². The molecule has 1 fully saturated rings. The van der Waals surface area contributed by atoms with E-state index in [-0.39, 0.29) is 29.6 Å². The molecule has 1 amide bonds. The maximum Gasteiger partial charge on any atom is 0.255 e. The van der Waals surface area contributed by atoms with Crippen LogP contribution in [0.4, 0.5) is 11.4 Å². The Morgan fingerprint density at radius 1 is 0.787 bits per heavy atom. The van der Waals surface area contributed by atoms with Crippen LogP contribution in [-0.4, -0.2) is 28.6 Å². The van der Waals surface area contributed by atoms with Crippen molar-refractivity contribution in [1.29, 1.82) is 0 Å². The molecule has 234 valence electrons. The Labute approximate surface area is 293 Å². The molecule has 0 aromatic heterocycles. The number of hydrogen-bond acceptors (Lipinski definition) is 5. The maximum absolute atomic E-state index is 15.0. The van der Waals surface area contributed by atoms with Crippen molar-refractivity contribution in [3.63, 3.8) is 0 Å². The fourth-order valence-electron chi connectivity index (χ4n) is 7.32. The van der Waals surface area contributed by atoms with Crippen LogP contribution in [0.2, 0.25) is 5.02 Å². The van der Waals surface area contributed by atoms with Crippen LogP contribution in [0.5, 0.6) is 5.75 Å². The number of phenolic OH excluding ortho intramolecular Hbond substituents is 1. The van der Waals surface area contributed by atoms with E-state index in [0.29, 0.717) is 38.7 Å². The van der Waals surface area contributed by atoms with Gasteiger partial charge in [-0.05, 0) is 60.2 Å². The molecule has 6 nitrogen and oxygen atoms in total. The molecule has 5 aromatic rings. The lowest BCUT2D eigenvalue weighted by atomic mass is 9.69. The summed E-state index contributed by atoms with van der Waals surface area (Å²) in [5.41, 5.74) is 1.70. The van der Waals surface area contributed by atoms with Gasteiger partial charge in [-0.25, -0.2) is 0 Å². The monoisotopic (exact) mass is 768 g/mol. The van der Waals surface area contributed by atoms with Crippen molar-refractivity contribution >= 4 is 72.3 Å². The quantitative estimate of drug-likeness (QED) is 0.161. The number of phenols is 1. The van der Waals surface area contributed by atoms with Gasteiger partial charge < -0.3 is 15.3 Å². The average molecular weight is 771 g/mol. The zero-order valence-electron chi connectivity index (χ0n) is 24.7. The molecular weight excluding hydrogens is 744 g/mol. The molecule has 1 spiro atoms. The first kappa shape index (κ1) is 31.4. The number of halogens is 3. The summed E-state index contributed by atoms with van der Waals surface area (Å²) in [7, 11) is 0. The Hall–Kier alpha value is -4.24.